The van der Waals surface area contributed by atoms with Gasteiger partial charge in [-0.2, -0.15) is 0 Å². The van der Waals surface area contributed by atoms with E-state index in [-0.39, 0.29) is 5.91 Å². The average molecular weight is 204 g/mol. The van der Waals surface area contributed by atoms with Crippen molar-refractivity contribution in [3.05, 3.63) is 23.3 Å². The van der Waals surface area contributed by atoms with Crippen LogP contribution in [0.25, 0.3) is 0 Å². The van der Waals surface area contributed by atoms with Gasteiger partial charge in [-0.1, -0.05) is 6.07 Å². The summed E-state index contributed by atoms with van der Waals surface area (Å²) in [7, 11) is 0. The van der Waals surface area contributed by atoms with Gasteiger partial charge in [0.25, 0.3) is 0 Å². The molecule has 1 aliphatic rings. The maximum Gasteiger partial charge on any atom is 0.223 e. The molecule has 3 nitrogen and oxygen atoms in total. The van der Waals surface area contributed by atoms with Crippen LogP contribution in [-0.4, -0.2) is 12.5 Å². The van der Waals surface area contributed by atoms with Crippen LogP contribution in [0.3, 0.4) is 0 Å². The minimum absolute atomic E-state index is 0.0755. The Labute approximate surface area is 89.9 Å². The van der Waals surface area contributed by atoms with Gasteiger partial charge in [0.1, 0.15) is 0 Å². The molecule has 0 unspecified atom stereocenters. The third-order valence-electron chi connectivity index (χ3n) is 2.84. The molecule has 0 saturated carbocycles. The van der Waals surface area contributed by atoms with Crippen LogP contribution in [0, 0.1) is 6.92 Å². The van der Waals surface area contributed by atoms with Gasteiger partial charge in [-0.15, -0.1) is 0 Å². The van der Waals surface area contributed by atoms with Crippen molar-refractivity contribution in [2.75, 3.05) is 17.2 Å². The lowest BCUT2D eigenvalue weighted by molar-refractivity contribution is -0.116. The molecule has 0 radical (unpaired) electrons. The molecule has 80 valence electrons. The van der Waals surface area contributed by atoms with Gasteiger partial charge in [0, 0.05) is 13.5 Å². The molecule has 0 atom stereocenters. The van der Waals surface area contributed by atoms with Gasteiger partial charge in [-0.05, 0) is 37.0 Å². The van der Waals surface area contributed by atoms with Crippen molar-refractivity contribution in [2.45, 2.75) is 26.7 Å². The normalized spacial score (nSPS) is 14.9. The Morgan fingerprint density at radius 3 is 2.87 bits per heavy atom. The summed E-state index contributed by atoms with van der Waals surface area (Å²) in [5.41, 5.74) is 9.99. The first-order valence-corrected chi connectivity index (χ1v) is 5.26. The molecule has 0 saturated heterocycles. The Kier molecular flexibility index (Phi) is 2.39. The predicted octanol–water partition coefficient (Wildman–Crippen LogP) is 1.88. The largest absolute Gasteiger partial charge is 0.397 e. The lowest BCUT2D eigenvalue weighted by Gasteiger charge is -2.30. The van der Waals surface area contributed by atoms with E-state index in [4.69, 9.17) is 5.73 Å². The van der Waals surface area contributed by atoms with Crippen molar-refractivity contribution >= 4 is 17.3 Å². The number of benzene rings is 1. The molecule has 3 heteroatoms. The van der Waals surface area contributed by atoms with Crippen LogP contribution in [-0.2, 0) is 11.2 Å². The Hall–Kier alpha value is -1.51. The van der Waals surface area contributed by atoms with E-state index in [1.54, 1.807) is 11.8 Å². The van der Waals surface area contributed by atoms with Gasteiger partial charge in [0.2, 0.25) is 5.91 Å². The molecular formula is C12H16N2O. The maximum absolute atomic E-state index is 11.5. The van der Waals surface area contributed by atoms with Crippen LogP contribution in [0.2, 0.25) is 0 Å². The van der Waals surface area contributed by atoms with Crippen molar-refractivity contribution in [3.8, 4) is 0 Å². The van der Waals surface area contributed by atoms with Gasteiger partial charge in [-0.3, -0.25) is 4.79 Å². The van der Waals surface area contributed by atoms with Crippen molar-refractivity contribution in [1.82, 2.24) is 0 Å². The van der Waals surface area contributed by atoms with Gasteiger partial charge < -0.3 is 10.6 Å². The average Bonchev–Trinajstić information content (AvgIpc) is 2.16. The summed E-state index contributed by atoms with van der Waals surface area (Å²) < 4.78 is 0. The highest BCUT2D eigenvalue weighted by Gasteiger charge is 2.22. The van der Waals surface area contributed by atoms with Gasteiger partial charge in [-0.25, -0.2) is 0 Å². The summed E-state index contributed by atoms with van der Waals surface area (Å²) in [5, 5.41) is 0. The fraction of sp³-hybridized carbons (Fsp3) is 0.417. The standard InChI is InChI=1S/C12H16N2O/c1-8-6-10-4-3-5-14(9(2)15)12(10)11(13)7-8/h6-7H,3-5,13H2,1-2H3. The molecule has 0 bridgehead atoms. The molecule has 2 N–H and O–H groups in total. The highest BCUT2D eigenvalue weighted by atomic mass is 16.2. The van der Waals surface area contributed by atoms with E-state index in [1.165, 1.54) is 5.56 Å². The zero-order valence-corrected chi connectivity index (χ0v) is 9.21. The number of hydrogen-bond donors (Lipinski definition) is 1. The first-order valence-electron chi connectivity index (χ1n) is 5.26. The van der Waals surface area contributed by atoms with Gasteiger partial charge >= 0.3 is 0 Å². The summed E-state index contributed by atoms with van der Waals surface area (Å²) in [5.74, 6) is 0.0755. The van der Waals surface area contributed by atoms with Crippen LogP contribution in [0.1, 0.15) is 24.5 Å². The van der Waals surface area contributed by atoms with E-state index in [2.05, 4.69) is 6.07 Å². The number of aryl methyl sites for hydroxylation is 2. The lowest BCUT2D eigenvalue weighted by Crippen LogP contribution is -2.34. The highest BCUT2D eigenvalue weighted by molar-refractivity contribution is 5.96. The first kappa shape index (κ1) is 10.0. The Morgan fingerprint density at radius 1 is 1.47 bits per heavy atom. The van der Waals surface area contributed by atoms with E-state index in [0.29, 0.717) is 0 Å². The molecule has 1 amide bonds. The molecule has 0 aromatic heterocycles. The van der Waals surface area contributed by atoms with E-state index < -0.39 is 0 Å². The minimum Gasteiger partial charge on any atom is -0.397 e. The van der Waals surface area contributed by atoms with E-state index in [9.17, 15) is 4.79 Å². The smallest absolute Gasteiger partial charge is 0.223 e. The number of hydrogen-bond acceptors (Lipinski definition) is 2. The number of carbonyl (C=O) groups excluding carboxylic acids is 1. The van der Waals surface area contributed by atoms with Crippen LogP contribution < -0.4 is 10.6 Å². The number of nitrogens with zero attached hydrogens (tertiary/aromatic N) is 1. The summed E-state index contributed by atoms with van der Waals surface area (Å²) >= 11 is 0. The number of carbonyl (C=O) groups is 1. The number of amides is 1. The fourth-order valence-corrected chi connectivity index (χ4v) is 2.26. The van der Waals surface area contributed by atoms with Crippen LogP contribution in [0.15, 0.2) is 12.1 Å². The summed E-state index contributed by atoms with van der Waals surface area (Å²) in [6, 6.07) is 4.06. The SMILES string of the molecule is CC(=O)N1CCCc2cc(C)cc(N)c21. The number of nitrogens with two attached hydrogens (primary N) is 1. The second-order valence-corrected chi connectivity index (χ2v) is 4.14. The Morgan fingerprint density at radius 2 is 2.20 bits per heavy atom. The molecular weight excluding hydrogens is 188 g/mol. The minimum atomic E-state index is 0.0755. The lowest BCUT2D eigenvalue weighted by atomic mass is 9.98. The Bertz CT molecular complexity index is 412. The van der Waals surface area contributed by atoms with E-state index in [1.807, 2.05) is 13.0 Å². The molecule has 1 aromatic rings. The van der Waals surface area contributed by atoms with Crippen molar-refractivity contribution in [3.63, 3.8) is 0 Å². The number of nitrogen functional groups attached to an aromatic ring is 1. The molecule has 1 aliphatic heterocycles. The van der Waals surface area contributed by atoms with Gasteiger partial charge in [0.05, 0.1) is 11.4 Å². The zero-order chi connectivity index (χ0) is 11.0. The van der Waals surface area contributed by atoms with Crippen molar-refractivity contribution < 1.29 is 4.79 Å². The summed E-state index contributed by atoms with van der Waals surface area (Å²) in [6.45, 7) is 4.41. The van der Waals surface area contributed by atoms with Crippen molar-refractivity contribution in [1.29, 1.82) is 0 Å². The molecule has 0 spiro atoms. The summed E-state index contributed by atoms with van der Waals surface area (Å²) in [4.78, 5) is 13.3. The van der Waals surface area contributed by atoms with Crippen molar-refractivity contribution in [2.24, 2.45) is 0 Å². The molecule has 1 heterocycles. The second kappa shape index (κ2) is 3.57. The molecule has 2 rings (SSSR count). The third kappa shape index (κ3) is 1.69. The molecule has 0 fully saturated rings. The Balaban J connectivity index is 2.55. The maximum atomic E-state index is 11.5. The van der Waals surface area contributed by atoms with E-state index in [0.717, 1.165) is 36.3 Å². The van der Waals surface area contributed by atoms with Crippen LogP contribution >= 0.6 is 0 Å². The second-order valence-electron chi connectivity index (χ2n) is 4.14. The molecule has 1 aromatic carbocycles. The van der Waals surface area contributed by atoms with Gasteiger partial charge in [0.15, 0.2) is 0 Å². The first-order chi connectivity index (χ1) is 7.09. The zero-order valence-electron chi connectivity index (χ0n) is 9.21. The fourth-order valence-electron chi connectivity index (χ4n) is 2.26. The number of anilines is 2. The monoisotopic (exact) mass is 204 g/mol. The van der Waals surface area contributed by atoms with Crippen LogP contribution in [0.5, 0.6) is 0 Å². The summed E-state index contributed by atoms with van der Waals surface area (Å²) in [6.07, 6.45) is 2.04. The van der Waals surface area contributed by atoms with E-state index >= 15 is 0 Å². The molecule has 15 heavy (non-hydrogen) atoms. The highest BCUT2D eigenvalue weighted by Crippen LogP contribution is 2.33. The quantitative estimate of drug-likeness (QED) is 0.656. The predicted molar refractivity (Wildman–Crippen MR) is 61.9 cm³/mol. The topological polar surface area (TPSA) is 46.3 Å². The molecule has 0 aliphatic carbocycles. The number of rotatable bonds is 0. The third-order valence-corrected chi connectivity index (χ3v) is 2.84. The number of fused-ring (bicyclic) bond motifs is 1. The van der Waals surface area contributed by atoms with Crippen LogP contribution in [0.4, 0.5) is 11.4 Å².